The van der Waals surface area contributed by atoms with Gasteiger partial charge in [-0.2, -0.15) is 0 Å². The van der Waals surface area contributed by atoms with E-state index in [0.717, 1.165) is 49.9 Å². The molecule has 208 valence electrons. The molecule has 3 atom stereocenters. The highest BCUT2D eigenvalue weighted by molar-refractivity contribution is 5.72. The Hall–Kier alpha value is -2.36. The number of hydrogen-bond acceptors (Lipinski definition) is 9. The molecule has 2 aliphatic rings. The first-order valence-electron chi connectivity index (χ1n) is 13.6. The van der Waals surface area contributed by atoms with Crippen LogP contribution in [0.5, 0.6) is 11.5 Å². The van der Waals surface area contributed by atoms with E-state index in [1.54, 1.807) is 20.0 Å². The predicted octanol–water partition coefficient (Wildman–Crippen LogP) is 2.63. The smallest absolute Gasteiger partial charge is 0.320 e. The summed E-state index contributed by atoms with van der Waals surface area (Å²) in [5.74, 6) is 0.00816. The van der Waals surface area contributed by atoms with Gasteiger partial charge in [0, 0.05) is 24.3 Å². The molecular formula is C28H44N2O7. The fraction of sp³-hybridized carbons (Fsp3) is 0.714. The Labute approximate surface area is 220 Å². The van der Waals surface area contributed by atoms with Crippen LogP contribution in [0.3, 0.4) is 0 Å². The number of hydrogen-bond donors (Lipinski definition) is 4. The van der Waals surface area contributed by atoms with Crippen LogP contribution in [0.4, 0.5) is 0 Å². The number of benzene rings is 1. The highest BCUT2D eigenvalue weighted by atomic mass is 16.6. The summed E-state index contributed by atoms with van der Waals surface area (Å²) in [5, 5.41) is 26.4. The third-order valence-corrected chi connectivity index (χ3v) is 7.53. The zero-order chi connectivity index (χ0) is 26.8. The number of likely N-dealkylation sites (N-methyl/N-ethyl adjacent to an activating group) is 1. The lowest BCUT2D eigenvalue weighted by Gasteiger charge is -2.45. The van der Waals surface area contributed by atoms with Gasteiger partial charge in [-0.25, -0.2) is 0 Å². The molecule has 0 aromatic heterocycles. The van der Waals surface area contributed by atoms with Crippen molar-refractivity contribution in [2.75, 3.05) is 33.3 Å². The Morgan fingerprint density at radius 3 is 2.65 bits per heavy atom. The number of phenols is 1. The number of rotatable bonds is 13. The van der Waals surface area contributed by atoms with Crippen molar-refractivity contribution in [2.24, 2.45) is 5.41 Å². The molecule has 0 aliphatic carbocycles. The molecule has 1 aromatic rings. The molecule has 2 aliphatic heterocycles. The predicted molar refractivity (Wildman–Crippen MR) is 140 cm³/mol. The third kappa shape index (κ3) is 8.32. The van der Waals surface area contributed by atoms with E-state index in [9.17, 15) is 19.8 Å². The number of ether oxygens (including phenoxy) is 3. The van der Waals surface area contributed by atoms with E-state index in [4.69, 9.17) is 14.2 Å². The number of phenolic OH excluding ortho intramolecular Hbond substituents is 1. The maximum absolute atomic E-state index is 12.8. The number of nitrogens with one attached hydrogen (secondary N) is 2. The molecule has 9 heteroatoms. The second kappa shape index (κ2) is 14.0. The molecule has 1 fully saturated rings. The molecule has 0 saturated carbocycles. The second-order valence-corrected chi connectivity index (χ2v) is 10.5. The minimum absolute atomic E-state index is 0.0908. The van der Waals surface area contributed by atoms with Crippen LogP contribution in [-0.2, 0) is 31.9 Å². The second-order valence-electron chi connectivity index (χ2n) is 10.5. The van der Waals surface area contributed by atoms with Gasteiger partial charge in [-0.3, -0.25) is 9.59 Å². The van der Waals surface area contributed by atoms with E-state index in [-0.39, 0.29) is 29.6 Å². The van der Waals surface area contributed by atoms with Gasteiger partial charge in [-0.05, 0) is 90.1 Å². The van der Waals surface area contributed by atoms with Gasteiger partial charge in [-0.1, -0.05) is 6.07 Å². The molecule has 1 aromatic carbocycles. The minimum atomic E-state index is -0.472. The van der Waals surface area contributed by atoms with Gasteiger partial charge < -0.3 is 35.1 Å². The van der Waals surface area contributed by atoms with E-state index < -0.39 is 18.3 Å². The standard InChI is InChI=1S/C28H44N2O7/c1-19(31)6-4-7-22(36-20(2)32)16-25(37-26(34)18-29-3)28(11-13-30-14-12-28)17-21-9-10-24(33)27-23(21)8-5-15-35-27/h9-10,19,22,25,29-31,33H,4-8,11-18H2,1-3H3. The molecule has 1 saturated heterocycles. The number of fused-ring (bicyclic) bond motifs is 1. The highest BCUT2D eigenvalue weighted by Crippen LogP contribution is 2.44. The largest absolute Gasteiger partial charge is 0.504 e. The van der Waals surface area contributed by atoms with Gasteiger partial charge in [0.15, 0.2) is 11.5 Å². The van der Waals surface area contributed by atoms with Gasteiger partial charge >= 0.3 is 11.9 Å². The maximum atomic E-state index is 12.8. The molecule has 2 heterocycles. The molecule has 9 nitrogen and oxygen atoms in total. The van der Waals surface area contributed by atoms with Crippen LogP contribution < -0.4 is 15.4 Å². The summed E-state index contributed by atoms with van der Waals surface area (Å²) in [6.45, 7) is 5.39. The van der Waals surface area contributed by atoms with E-state index in [1.807, 2.05) is 6.07 Å². The van der Waals surface area contributed by atoms with Crippen molar-refractivity contribution in [1.29, 1.82) is 0 Å². The zero-order valence-corrected chi connectivity index (χ0v) is 22.5. The van der Waals surface area contributed by atoms with Crippen LogP contribution in [0, 0.1) is 5.41 Å². The first-order valence-corrected chi connectivity index (χ1v) is 13.6. The third-order valence-electron chi connectivity index (χ3n) is 7.53. The molecule has 0 bridgehead atoms. The monoisotopic (exact) mass is 520 g/mol. The normalized spacial score (nSPS) is 19.1. The SMILES string of the molecule is CNCC(=O)OC(CC(CCCC(C)O)OC(C)=O)C1(Cc2ccc(O)c3c2CCCO3)CCNCC1. The van der Waals surface area contributed by atoms with Crippen molar-refractivity contribution in [1.82, 2.24) is 10.6 Å². The zero-order valence-electron chi connectivity index (χ0n) is 22.5. The molecule has 4 N–H and O–H groups in total. The van der Waals surface area contributed by atoms with Crippen molar-refractivity contribution in [3.05, 3.63) is 23.3 Å². The number of aromatic hydroxyl groups is 1. The van der Waals surface area contributed by atoms with Crippen molar-refractivity contribution >= 4 is 11.9 Å². The van der Waals surface area contributed by atoms with Gasteiger partial charge in [0.1, 0.15) is 12.2 Å². The molecule has 37 heavy (non-hydrogen) atoms. The van der Waals surface area contributed by atoms with Crippen molar-refractivity contribution < 1.29 is 34.0 Å². The Kier molecular flexibility index (Phi) is 11.0. The summed E-state index contributed by atoms with van der Waals surface area (Å²) >= 11 is 0. The van der Waals surface area contributed by atoms with Gasteiger partial charge in [0.25, 0.3) is 0 Å². The lowest BCUT2D eigenvalue weighted by Crippen LogP contribution is -2.49. The number of piperidine rings is 1. The van der Waals surface area contributed by atoms with Crippen LogP contribution >= 0.6 is 0 Å². The van der Waals surface area contributed by atoms with Crippen molar-refractivity contribution in [3.63, 3.8) is 0 Å². The first kappa shape index (κ1) is 29.2. The number of aliphatic hydroxyl groups is 1. The lowest BCUT2D eigenvalue weighted by molar-refractivity contribution is -0.163. The fourth-order valence-electron chi connectivity index (χ4n) is 5.70. The number of esters is 2. The number of aliphatic hydroxyl groups excluding tert-OH is 1. The van der Waals surface area contributed by atoms with E-state index >= 15 is 0 Å². The topological polar surface area (TPSA) is 126 Å². The van der Waals surface area contributed by atoms with Gasteiger partial charge in [-0.15, -0.1) is 0 Å². The lowest BCUT2D eigenvalue weighted by atomic mass is 9.67. The summed E-state index contributed by atoms with van der Waals surface area (Å²) in [7, 11) is 1.71. The summed E-state index contributed by atoms with van der Waals surface area (Å²) in [5.41, 5.74) is 1.75. The highest BCUT2D eigenvalue weighted by Gasteiger charge is 2.44. The first-order chi connectivity index (χ1) is 17.7. The molecule has 0 spiro atoms. The number of carbonyl (C=O) groups is 2. The van der Waals surface area contributed by atoms with Crippen LogP contribution in [0.25, 0.3) is 0 Å². The molecule has 3 unspecified atom stereocenters. The van der Waals surface area contributed by atoms with E-state index in [1.165, 1.54) is 6.92 Å². The molecule has 0 radical (unpaired) electrons. The average Bonchev–Trinajstić information content (AvgIpc) is 2.85. The average molecular weight is 521 g/mol. The summed E-state index contributed by atoms with van der Waals surface area (Å²) < 4.78 is 17.7. The molecule has 0 amide bonds. The van der Waals surface area contributed by atoms with Crippen molar-refractivity contribution in [2.45, 2.75) is 89.9 Å². The Morgan fingerprint density at radius 2 is 1.97 bits per heavy atom. The van der Waals surface area contributed by atoms with Crippen LogP contribution in [-0.4, -0.2) is 73.8 Å². The van der Waals surface area contributed by atoms with Crippen LogP contribution in [0.1, 0.15) is 69.9 Å². The van der Waals surface area contributed by atoms with Gasteiger partial charge in [0.05, 0.1) is 19.3 Å². The summed E-state index contributed by atoms with van der Waals surface area (Å²) in [6, 6.07) is 3.65. The van der Waals surface area contributed by atoms with Crippen LogP contribution in [0.15, 0.2) is 12.1 Å². The molecular weight excluding hydrogens is 476 g/mol. The van der Waals surface area contributed by atoms with Crippen molar-refractivity contribution in [3.8, 4) is 11.5 Å². The number of carbonyl (C=O) groups excluding carboxylic acids is 2. The quantitative estimate of drug-likeness (QED) is 0.290. The Bertz CT molecular complexity index is 899. The Morgan fingerprint density at radius 1 is 1.22 bits per heavy atom. The van der Waals surface area contributed by atoms with E-state index in [2.05, 4.69) is 10.6 Å². The van der Waals surface area contributed by atoms with Crippen LogP contribution in [0.2, 0.25) is 0 Å². The molecule has 3 rings (SSSR count). The van der Waals surface area contributed by atoms with E-state index in [0.29, 0.717) is 44.5 Å². The minimum Gasteiger partial charge on any atom is -0.504 e. The summed E-state index contributed by atoms with van der Waals surface area (Å²) in [6.07, 6.45) is 4.92. The fourth-order valence-corrected chi connectivity index (χ4v) is 5.70. The maximum Gasteiger partial charge on any atom is 0.320 e. The Balaban J connectivity index is 1.94. The summed E-state index contributed by atoms with van der Waals surface area (Å²) in [4.78, 5) is 24.7. The van der Waals surface area contributed by atoms with Gasteiger partial charge in [0.2, 0.25) is 0 Å².